The molecule has 0 saturated carbocycles. The number of carbonyl (C=O) groups is 3. The van der Waals surface area contributed by atoms with Crippen LogP contribution in [0.5, 0.6) is 0 Å². The van der Waals surface area contributed by atoms with Gasteiger partial charge in [0.15, 0.2) is 11.9 Å². The zero-order valence-corrected chi connectivity index (χ0v) is 23.2. The number of nitrogens with zero attached hydrogens (tertiary/aromatic N) is 5. The quantitative estimate of drug-likeness (QED) is 0.174. The lowest BCUT2D eigenvalue weighted by atomic mass is 10.1. The minimum absolute atomic E-state index is 0.0253. The van der Waals surface area contributed by atoms with Crippen LogP contribution in [0.15, 0.2) is 40.3 Å². The second-order valence-electron chi connectivity index (χ2n) is 9.80. The van der Waals surface area contributed by atoms with Crippen LogP contribution in [0.25, 0.3) is 0 Å². The van der Waals surface area contributed by atoms with Crippen molar-refractivity contribution in [2.45, 2.75) is 57.3 Å². The minimum atomic E-state index is -0.789. The highest BCUT2D eigenvalue weighted by molar-refractivity contribution is 5.94. The summed E-state index contributed by atoms with van der Waals surface area (Å²) < 4.78 is 0. The molecule has 12 nitrogen and oxygen atoms in total. The third-order valence-corrected chi connectivity index (χ3v) is 6.19. The van der Waals surface area contributed by atoms with Gasteiger partial charge in [0, 0.05) is 47.8 Å². The van der Waals surface area contributed by atoms with Gasteiger partial charge in [-0.25, -0.2) is 4.99 Å². The second kappa shape index (κ2) is 14.8. The Hall–Kier alpha value is -3.83. The molecule has 0 aliphatic carbocycles. The molecule has 38 heavy (non-hydrogen) atoms. The number of likely N-dealkylation sites (tertiary alicyclic amines) is 1. The first-order valence-corrected chi connectivity index (χ1v) is 12.9. The normalized spacial score (nSPS) is 16.1. The molecule has 210 valence electrons. The predicted molar refractivity (Wildman–Crippen MR) is 149 cm³/mol. The maximum Gasteiger partial charge on any atom is 0.247 e. The highest BCUT2D eigenvalue weighted by Gasteiger charge is 2.37. The summed E-state index contributed by atoms with van der Waals surface area (Å²) in [6.45, 7) is 2.87. The van der Waals surface area contributed by atoms with Gasteiger partial charge >= 0.3 is 0 Å². The van der Waals surface area contributed by atoms with Gasteiger partial charge < -0.3 is 36.8 Å². The Bertz CT molecular complexity index is 981. The Balaban J connectivity index is 2.10. The molecule has 12 heteroatoms. The van der Waals surface area contributed by atoms with Gasteiger partial charge in [-0.2, -0.15) is 0 Å². The summed E-state index contributed by atoms with van der Waals surface area (Å²) in [6, 6.07) is 7.41. The van der Waals surface area contributed by atoms with Crippen LogP contribution in [0.4, 0.5) is 0 Å². The van der Waals surface area contributed by atoms with Crippen LogP contribution >= 0.6 is 0 Å². The third kappa shape index (κ3) is 9.24. The summed E-state index contributed by atoms with van der Waals surface area (Å²) in [6.07, 6.45) is 2.07. The van der Waals surface area contributed by atoms with Crippen molar-refractivity contribution in [1.29, 1.82) is 0 Å². The number of rotatable bonds is 11. The van der Waals surface area contributed by atoms with Gasteiger partial charge in [-0.3, -0.25) is 19.4 Å². The average molecular weight is 530 g/mol. The Kier molecular flexibility index (Phi) is 11.8. The molecule has 1 aromatic carbocycles. The van der Waals surface area contributed by atoms with E-state index in [1.165, 1.54) is 0 Å². The van der Waals surface area contributed by atoms with E-state index in [0.717, 1.165) is 5.56 Å². The first-order chi connectivity index (χ1) is 18.0. The molecule has 0 radical (unpaired) electrons. The summed E-state index contributed by atoms with van der Waals surface area (Å²) in [5.41, 5.74) is 11.8. The number of amides is 3. The van der Waals surface area contributed by atoms with E-state index in [0.29, 0.717) is 51.3 Å². The molecule has 1 saturated heterocycles. The van der Waals surface area contributed by atoms with Gasteiger partial charge in [-0.15, -0.1) is 0 Å². The van der Waals surface area contributed by atoms with Crippen molar-refractivity contribution in [3.8, 4) is 0 Å². The molecule has 1 unspecified atom stereocenters. The lowest BCUT2D eigenvalue weighted by molar-refractivity contribution is -0.140. The van der Waals surface area contributed by atoms with Crippen LogP contribution in [0.1, 0.15) is 38.2 Å². The molecule has 3 atom stereocenters. The summed E-state index contributed by atoms with van der Waals surface area (Å²) in [5, 5.41) is 5.77. The highest BCUT2D eigenvalue weighted by atomic mass is 16.2. The summed E-state index contributed by atoms with van der Waals surface area (Å²) in [4.78, 5) is 53.4. The van der Waals surface area contributed by atoms with Crippen molar-refractivity contribution in [1.82, 2.24) is 25.3 Å². The Morgan fingerprint density at radius 1 is 1.11 bits per heavy atom. The molecular formula is C26H43N9O3. The van der Waals surface area contributed by atoms with Crippen molar-refractivity contribution >= 4 is 29.6 Å². The van der Waals surface area contributed by atoms with E-state index in [-0.39, 0.29) is 23.7 Å². The highest BCUT2D eigenvalue weighted by Crippen LogP contribution is 2.20. The van der Waals surface area contributed by atoms with Crippen molar-refractivity contribution in [3.05, 3.63) is 35.9 Å². The topological polar surface area (TPSA) is 162 Å². The molecule has 1 aromatic rings. The maximum atomic E-state index is 13.3. The van der Waals surface area contributed by atoms with E-state index in [9.17, 15) is 14.4 Å². The third-order valence-electron chi connectivity index (χ3n) is 6.19. The first kappa shape index (κ1) is 30.4. The van der Waals surface area contributed by atoms with Crippen LogP contribution in [0.3, 0.4) is 0 Å². The van der Waals surface area contributed by atoms with E-state index >= 15 is 0 Å². The molecule has 1 aliphatic heterocycles. The van der Waals surface area contributed by atoms with Gasteiger partial charge in [0.2, 0.25) is 17.7 Å². The smallest absolute Gasteiger partial charge is 0.247 e. The number of aliphatic imine (C=N–C) groups is 2. The van der Waals surface area contributed by atoms with E-state index in [2.05, 4.69) is 20.6 Å². The van der Waals surface area contributed by atoms with E-state index < -0.39 is 18.1 Å². The number of nitrogens with two attached hydrogens (primary N) is 2. The van der Waals surface area contributed by atoms with Crippen molar-refractivity contribution in [2.24, 2.45) is 21.5 Å². The van der Waals surface area contributed by atoms with Crippen LogP contribution < -0.4 is 22.1 Å². The second-order valence-corrected chi connectivity index (χ2v) is 9.80. The lowest BCUT2D eigenvalue weighted by Gasteiger charge is -2.29. The number of carbonyl (C=O) groups excluding carboxylic acids is 3. The van der Waals surface area contributed by atoms with Gasteiger partial charge in [0.25, 0.3) is 0 Å². The Morgan fingerprint density at radius 3 is 2.37 bits per heavy atom. The fourth-order valence-corrected chi connectivity index (χ4v) is 4.35. The predicted octanol–water partition coefficient (Wildman–Crippen LogP) is -0.300. The summed E-state index contributed by atoms with van der Waals surface area (Å²) in [7, 11) is 7.44. The molecule has 0 bridgehead atoms. The van der Waals surface area contributed by atoms with Crippen molar-refractivity contribution < 1.29 is 14.4 Å². The lowest BCUT2D eigenvalue weighted by Crippen LogP contribution is -2.54. The summed E-state index contributed by atoms with van der Waals surface area (Å²) >= 11 is 0. The fraction of sp³-hybridized carbons (Fsp3) is 0.577. The fourth-order valence-electron chi connectivity index (χ4n) is 4.35. The standard InChI is InChI=1S/C26H43N9O3/c1-18(31-26(33(2)3)34(4)5)24(38)35-16-10-14-21(35)23(37)32-20(13-9-15-29-25(27)28)22(36)30-17-19-11-7-6-8-12-19/h6-8,11-12,18,20-21H,9-10,13-17H2,1-5H3,(H,30,36)(H,32,37)(H4,27,28,29)/t18-,20+,21?/m0/s1. The van der Waals surface area contributed by atoms with Crippen LogP contribution in [-0.2, 0) is 20.9 Å². The minimum Gasteiger partial charge on any atom is -0.370 e. The number of hydrogen-bond acceptors (Lipinski definition) is 5. The molecule has 0 aromatic heterocycles. The Labute approximate surface area is 225 Å². The van der Waals surface area contributed by atoms with Gasteiger partial charge in [0.1, 0.15) is 18.1 Å². The van der Waals surface area contributed by atoms with Gasteiger partial charge in [-0.1, -0.05) is 30.3 Å². The van der Waals surface area contributed by atoms with E-state index in [4.69, 9.17) is 11.5 Å². The Morgan fingerprint density at radius 2 is 1.76 bits per heavy atom. The van der Waals surface area contributed by atoms with Crippen molar-refractivity contribution in [3.63, 3.8) is 0 Å². The first-order valence-electron chi connectivity index (χ1n) is 12.9. The molecule has 1 heterocycles. The van der Waals surface area contributed by atoms with E-state index in [1.807, 2.05) is 68.3 Å². The molecule has 3 amide bonds. The summed E-state index contributed by atoms with van der Waals surface area (Å²) in [5.74, 6) is -0.247. The van der Waals surface area contributed by atoms with E-state index in [1.54, 1.807) is 11.8 Å². The largest absolute Gasteiger partial charge is 0.370 e. The number of nitrogens with one attached hydrogen (secondary N) is 2. The average Bonchev–Trinajstić information content (AvgIpc) is 3.37. The number of hydrogen-bond donors (Lipinski definition) is 4. The van der Waals surface area contributed by atoms with Crippen molar-refractivity contribution in [2.75, 3.05) is 41.3 Å². The molecule has 1 aliphatic rings. The zero-order chi connectivity index (χ0) is 28.2. The number of benzene rings is 1. The maximum absolute atomic E-state index is 13.3. The molecule has 1 fully saturated rings. The van der Waals surface area contributed by atoms with Crippen LogP contribution in [0, 0.1) is 0 Å². The molecule has 6 N–H and O–H groups in total. The van der Waals surface area contributed by atoms with Crippen LogP contribution in [-0.4, -0.2) is 104 Å². The SMILES string of the molecule is C[C@H](N=C(N(C)C)N(C)C)C(=O)N1CCCC1C(=O)N[C@H](CCCN=C(N)N)C(=O)NCc1ccccc1. The molecule has 0 spiro atoms. The zero-order valence-electron chi connectivity index (χ0n) is 23.2. The van der Waals surface area contributed by atoms with Crippen LogP contribution in [0.2, 0.25) is 0 Å². The monoisotopic (exact) mass is 529 g/mol. The van der Waals surface area contributed by atoms with Gasteiger partial charge in [-0.05, 0) is 38.2 Å². The van der Waals surface area contributed by atoms with Gasteiger partial charge in [0.05, 0.1) is 0 Å². The number of guanidine groups is 2. The molecular weight excluding hydrogens is 486 g/mol. The molecule has 2 rings (SSSR count).